The monoisotopic (exact) mass is 495 g/mol. The lowest BCUT2D eigenvalue weighted by Gasteiger charge is -2.11. The Morgan fingerprint density at radius 3 is 2.43 bits per heavy atom. The Morgan fingerprint density at radius 2 is 1.68 bits per heavy atom. The molecule has 2 N–H and O–H groups in total. The second kappa shape index (κ2) is 11.6. The Kier molecular flexibility index (Phi) is 7.90. The van der Waals surface area contributed by atoms with Crippen LogP contribution in [-0.4, -0.2) is 37.7 Å². The molecule has 0 aromatic heterocycles. The van der Waals surface area contributed by atoms with Crippen LogP contribution in [0.2, 0.25) is 0 Å². The van der Waals surface area contributed by atoms with E-state index in [9.17, 15) is 14.4 Å². The van der Waals surface area contributed by atoms with Crippen LogP contribution in [0.25, 0.3) is 10.8 Å². The third kappa shape index (κ3) is 6.37. The number of carbonyl (C=O) groups excluding carboxylic acids is 3. The van der Waals surface area contributed by atoms with E-state index in [1.807, 2.05) is 43.3 Å². The van der Waals surface area contributed by atoms with Crippen LogP contribution in [0.4, 0.5) is 0 Å². The SMILES string of the molecule is COc1ccc(C(=O)Oc2ccc3ccccc3c2/C=N/NC(=O)CNC(=O)c2cccc(C)c2)cc1. The third-order valence-electron chi connectivity index (χ3n) is 5.53. The number of carbonyl (C=O) groups is 3. The number of amides is 2. The number of esters is 1. The summed E-state index contributed by atoms with van der Waals surface area (Å²) in [6.07, 6.45) is 1.42. The molecule has 0 aliphatic heterocycles. The summed E-state index contributed by atoms with van der Waals surface area (Å²) in [6, 6.07) is 24.7. The standard InChI is InChI=1S/C29H25N3O5/c1-19-6-5-8-22(16-19)28(34)30-18-27(33)32-31-17-25-24-9-4-3-7-20(24)12-15-26(25)37-29(35)21-10-13-23(36-2)14-11-21/h3-17H,18H2,1-2H3,(H,30,34)(H,32,33)/b31-17+. The first-order chi connectivity index (χ1) is 17.9. The zero-order valence-corrected chi connectivity index (χ0v) is 20.4. The van der Waals surface area contributed by atoms with Gasteiger partial charge in [-0.3, -0.25) is 9.59 Å². The topological polar surface area (TPSA) is 106 Å². The van der Waals surface area contributed by atoms with Crippen LogP contribution in [0.15, 0.2) is 90.0 Å². The Hall–Kier alpha value is -4.98. The first-order valence-electron chi connectivity index (χ1n) is 11.5. The van der Waals surface area contributed by atoms with E-state index in [1.54, 1.807) is 55.6 Å². The number of hydrogen-bond acceptors (Lipinski definition) is 6. The van der Waals surface area contributed by atoms with Gasteiger partial charge in [0.25, 0.3) is 11.8 Å². The summed E-state index contributed by atoms with van der Waals surface area (Å²) >= 11 is 0. The maximum Gasteiger partial charge on any atom is 0.343 e. The van der Waals surface area contributed by atoms with E-state index in [0.717, 1.165) is 16.3 Å². The number of hydrazone groups is 1. The molecule has 0 unspecified atom stereocenters. The summed E-state index contributed by atoms with van der Waals surface area (Å²) in [5.74, 6) is -0.500. The van der Waals surface area contributed by atoms with E-state index in [2.05, 4.69) is 15.8 Å². The molecule has 0 aliphatic carbocycles. The van der Waals surface area contributed by atoms with Gasteiger partial charge in [-0.25, -0.2) is 10.2 Å². The summed E-state index contributed by atoms with van der Waals surface area (Å²) in [4.78, 5) is 37.3. The van der Waals surface area contributed by atoms with Crippen molar-refractivity contribution in [1.82, 2.24) is 10.7 Å². The number of benzene rings is 4. The smallest absolute Gasteiger partial charge is 0.343 e. The van der Waals surface area contributed by atoms with E-state index in [-0.39, 0.29) is 18.2 Å². The van der Waals surface area contributed by atoms with Crippen molar-refractivity contribution in [1.29, 1.82) is 0 Å². The molecule has 0 aliphatic rings. The number of hydrogen-bond donors (Lipinski definition) is 2. The number of ether oxygens (including phenoxy) is 2. The molecule has 0 atom stereocenters. The fraction of sp³-hybridized carbons (Fsp3) is 0.103. The van der Waals surface area contributed by atoms with Crippen LogP contribution >= 0.6 is 0 Å². The molecule has 8 nitrogen and oxygen atoms in total. The summed E-state index contributed by atoms with van der Waals surface area (Å²) in [7, 11) is 1.55. The predicted octanol–water partition coefficient (Wildman–Crippen LogP) is 4.26. The number of nitrogens with one attached hydrogen (secondary N) is 2. The van der Waals surface area contributed by atoms with E-state index in [0.29, 0.717) is 22.4 Å². The molecule has 4 aromatic rings. The molecule has 4 aromatic carbocycles. The third-order valence-corrected chi connectivity index (χ3v) is 5.53. The Bertz CT molecular complexity index is 1480. The van der Waals surface area contributed by atoms with Gasteiger partial charge >= 0.3 is 5.97 Å². The first kappa shape index (κ1) is 25.1. The maximum absolute atomic E-state index is 12.8. The average Bonchev–Trinajstić information content (AvgIpc) is 2.92. The molecule has 186 valence electrons. The summed E-state index contributed by atoms with van der Waals surface area (Å²) in [6.45, 7) is 1.63. The maximum atomic E-state index is 12.8. The zero-order chi connectivity index (χ0) is 26.2. The van der Waals surface area contributed by atoms with Gasteiger partial charge in [0.15, 0.2) is 0 Å². The minimum absolute atomic E-state index is 0.251. The van der Waals surface area contributed by atoms with Gasteiger partial charge in [0, 0.05) is 11.1 Å². The predicted molar refractivity (Wildman–Crippen MR) is 141 cm³/mol. The molecule has 0 spiro atoms. The molecule has 0 bridgehead atoms. The van der Waals surface area contributed by atoms with Crippen molar-refractivity contribution >= 4 is 34.8 Å². The Balaban J connectivity index is 1.47. The average molecular weight is 496 g/mol. The Labute approximate surface area is 213 Å². The molecule has 4 rings (SSSR count). The molecule has 37 heavy (non-hydrogen) atoms. The molecule has 0 heterocycles. The van der Waals surface area contributed by atoms with E-state index >= 15 is 0 Å². The highest BCUT2D eigenvalue weighted by Gasteiger charge is 2.14. The molecular weight excluding hydrogens is 470 g/mol. The van der Waals surface area contributed by atoms with Crippen molar-refractivity contribution in [3.8, 4) is 11.5 Å². The van der Waals surface area contributed by atoms with E-state index < -0.39 is 11.9 Å². The molecule has 0 radical (unpaired) electrons. The van der Waals surface area contributed by atoms with Crippen LogP contribution in [0, 0.1) is 6.92 Å². The van der Waals surface area contributed by atoms with Gasteiger partial charge in [-0.1, -0.05) is 48.0 Å². The van der Waals surface area contributed by atoms with Gasteiger partial charge in [-0.15, -0.1) is 0 Å². The molecule has 2 amide bonds. The van der Waals surface area contributed by atoms with Gasteiger partial charge < -0.3 is 14.8 Å². The molecule has 0 fully saturated rings. The Morgan fingerprint density at radius 1 is 0.892 bits per heavy atom. The van der Waals surface area contributed by atoms with Crippen LogP contribution in [0.1, 0.15) is 31.8 Å². The normalized spacial score (nSPS) is 10.8. The van der Waals surface area contributed by atoms with E-state index in [1.165, 1.54) is 6.21 Å². The minimum atomic E-state index is -0.546. The lowest BCUT2D eigenvalue weighted by atomic mass is 10.0. The van der Waals surface area contributed by atoms with Crippen molar-refractivity contribution in [3.63, 3.8) is 0 Å². The van der Waals surface area contributed by atoms with Gasteiger partial charge in [-0.05, 0) is 60.2 Å². The van der Waals surface area contributed by atoms with Crippen molar-refractivity contribution in [2.75, 3.05) is 13.7 Å². The number of fused-ring (bicyclic) bond motifs is 1. The van der Waals surface area contributed by atoms with Crippen LogP contribution < -0.4 is 20.2 Å². The fourth-order valence-corrected chi connectivity index (χ4v) is 3.64. The van der Waals surface area contributed by atoms with Gasteiger partial charge in [0.2, 0.25) is 0 Å². The number of nitrogens with zero attached hydrogens (tertiary/aromatic N) is 1. The summed E-state index contributed by atoms with van der Waals surface area (Å²) < 4.78 is 10.8. The molecule has 0 saturated carbocycles. The van der Waals surface area contributed by atoms with Crippen molar-refractivity contribution in [2.45, 2.75) is 6.92 Å². The minimum Gasteiger partial charge on any atom is -0.497 e. The number of methoxy groups -OCH3 is 1. The van der Waals surface area contributed by atoms with Crippen molar-refractivity contribution < 1.29 is 23.9 Å². The van der Waals surface area contributed by atoms with Crippen LogP contribution in [-0.2, 0) is 4.79 Å². The first-order valence-corrected chi connectivity index (χ1v) is 11.5. The van der Waals surface area contributed by atoms with Gasteiger partial charge in [0.1, 0.15) is 11.5 Å². The summed E-state index contributed by atoms with van der Waals surface area (Å²) in [5.41, 5.74) is 4.69. The molecule has 0 saturated heterocycles. The van der Waals surface area contributed by atoms with E-state index in [4.69, 9.17) is 9.47 Å². The molecular formula is C29H25N3O5. The largest absolute Gasteiger partial charge is 0.497 e. The lowest BCUT2D eigenvalue weighted by molar-refractivity contribution is -0.120. The second-order valence-electron chi connectivity index (χ2n) is 8.16. The van der Waals surface area contributed by atoms with Gasteiger partial charge in [0.05, 0.1) is 25.4 Å². The van der Waals surface area contributed by atoms with Crippen molar-refractivity contribution in [2.24, 2.45) is 5.10 Å². The highest BCUT2D eigenvalue weighted by Crippen LogP contribution is 2.27. The van der Waals surface area contributed by atoms with Crippen molar-refractivity contribution in [3.05, 3.63) is 107 Å². The highest BCUT2D eigenvalue weighted by molar-refractivity contribution is 6.04. The lowest BCUT2D eigenvalue weighted by Crippen LogP contribution is -2.34. The highest BCUT2D eigenvalue weighted by atomic mass is 16.5. The van der Waals surface area contributed by atoms with Gasteiger partial charge in [-0.2, -0.15) is 5.10 Å². The number of aryl methyl sites for hydroxylation is 1. The zero-order valence-electron chi connectivity index (χ0n) is 20.4. The van der Waals surface area contributed by atoms with Crippen LogP contribution in [0.3, 0.4) is 0 Å². The molecule has 8 heteroatoms. The number of rotatable bonds is 8. The van der Waals surface area contributed by atoms with Crippen LogP contribution in [0.5, 0.6) is 11.5 Å². The fourth-order valence-electron chi connectivity index (χ4n) is 3.64. The second-order valence-corrected chi connectivity index (χ2v) is 8.16. The summed E-state index contributed by atoms with van der Waals surface area (Å²) in [5, 5.41) is 8.29. The quantitative estimate of drug-likeness (QED) is 0.164.